The zero-order chi connectivity index (χ0) is 18.2. The molecule has 26 heavy (non-hydrogen) atoms. The molecule has 0 aliphatic heterocycles. The smallest absolute Gasteiger partial charge is 0.256 e. The molecule has 0 saturated heterocycles. The van der Waals surface area contributed by atoms with Gasteiger partial charge in [-0.2, -0.15) is 0 Å². The van der Waals surface area contributed by atoms with Crippen LogP contribution < -0.4 is 10.1 Å². The number of benzene rings is 2. The van der Waals surface area contributed by atoms with Gasteiger partial charge >= 0.3 is 0 Å². The number of rotatable bonds is 7. The van der Waals surface area contributed by atoms with Crippen molar-refractivity contribution >= 4 is 17.7 Å². The largest absolute Gasteiger partial charge is 0.438 e. The highest BCUT2D eigenvalue weighted by Crippen LogP contribution is 2.22. The van der Waals surface area contributed by atoms with E-state index in [1.807, 2.05) is 30.3 Å². The summed E-state index contributed by atoms with van der Waals surface area (Å²) in [5.41, 5.74) is 1.67. The molecule has 1 N–H and O–H groups in total. The molecule has 1 amide bonds. The third-order valence-electron chi connectivity index (χ3n) is 3.65. The van der Waals surface area contributed by atoms with Gasteiger partial charge in [0.25, 0.3) is 5.91 Å². The average Bonchev–Trinajstić information content (AvgIpc) is 2.68. The van der Waals surface area contributed by atoms with Gasteiger partial charge in [-0.1, -0.05) is 35.9 Å². The summed E-state index contributed by atoms with van der Waals surface area (Å²) >= 11 is 1.71. The van der Waals surface area contributed by atoms with Gasteiger partial charge in [-0.15, -0.1) is 11.8 Å². The third-order valence-corrected chi connectivity index (χ3v) is 4.66. The molecule has 0 saturated carbocycles. The van der Waals surface area contributed by atoms with Crippen molar-refractivity contribution < 1.29 is 9.53 Å². The maximum Gasteiger partial charge on any atom is 0.256 e. The fourth-order valence-corrected chi connectivity index (χ4v) is 3.08. The first kappa shape index (κ1) is 18.0. The van der Waals surface area contributed by atoms with Crippen LogP contribution in [0.15, 0.2) is 77.8 Å². The summed E-state index contributed by atoms with van der Waals surface area (Å²) in [5.74, 6) is 1.57. The number of para-hydroxylation sites is 1. The minimum Gasteiger partial charge on any atom is -0.438 e. The van der Waals surface area contributed by atoms with Crippen molar-refractivity contribution in [1.29, 1.82) is 0 Å². The van der Waals surface area contributed by atoms with Gasteiger partial charge in [0, 0.05) is 23.4 Å². The second-order valence-corrected chi connectivity index (χ2v) is 6.86. The van der Waals surface area contributed by atoms with Crippen LogP contribution in [0.2, 0.25) is 0 Å². The molecule has 0 radical (unpaired) electrons. The normalized spacial score (nSPS) is 10.3. The topological polar surface area (TPSA) is 51.2 Å². The van der Waals surface area contributed by atoms with E-state index in [1.54, 1.807) is 30.1 Å². The van der Waals surface area contributed by atoms with E-state index >= 15 is 0 Å². The van der Waals surface area contributed by atoms with E-state index in [9.17, 15) is 4.79 Å². The van der Waals surface area contributed by atoms with E-state index in [2.05, 4.69) is 41.5 Å². The maximum absolute atomic E-state index is 12.5. The van der Waals surface area contributed by atoms with Crippen molar-refractivity contribution in [3.63, 3.8) is 0 Å². The summed E-state index contributed by atoms with van der Waals surface area (Å²) in [6, 6.07) is 21.1. The molecule has 1 heterocycles. The van der Waals surface area contributed by atoms with Crippen LogP contribution in [0.4, 0.5) is 0 Å². The van der Waals surface area contributed by atoms with E-state index in [0.717, 1.165) is 5.75 Å². The molecule has 0 unspecified atom stereocenters. The molecule has 0 spiro atoms. The Morgan fingerprint density at radius 2 is 1.81 bits per heavy atom. The van der Waals surface area contributed by atoms with Crippen molar-refractivity contribution in [3.8, 4) is 11.6 Å². The van der Waals surface area contributed by atoms with Gasteiger partial charge in [0.2, 0.25) is 5.88 Å². The molecule has 2 aromatic carbocycles. The van der Waals surface area contributed by atoms with Crippen molar-refractivity contribution in [2.24, 2.45) is 0 Å². The van der Waals surface area contributed by atoms with Crippen molar-refractivity contribution in [1.82, 2.24) is 10.3 Å². The van der Waals surface area contributed by atoms with Crippen molar-refractivity contribution in [2.75, 3.05) is 12.3 Å². The number of hydrogen-bond acceptors (Lipinski definition) is 4. The Morgan fingerprint density at radius 1 is 1.04 bits per heavy atom. The lowest BCUT2D eigenvalue weighted by molar-refractivity contribution is 0.0953. The Labute approximate surface area is 157 Å². The maximum atomic E-state index is 12.5. The third kappa shape index (κ3) is 5.10. The van der Waals surface area contributed by atoms with Crippen LogP contribution in [0, 0.1) is 6.92 Å². The lowest BCUT2D eigenvalue weighted by atomic mass is 10.2. The number of pyridine rings is 1. The Bertz CT molecular complexity index is 851. The first-order valence-corrected chi connectivity index (χ1v) is 9.36. The van der Waals surface area contributed by atoms with Crippen molar-refractivity contribution in [3.05, 3.63) is 84.1 Å². The number of carbonyl (C=O) groups is 1. The van der Waals surface area contributed by atoms with Gasteiger partial charge in [-0.05, 0) is 43.3 Å². The van der Waals surface area contributed by atoms with E-state index in [4.69, 9.17) is 4.74 Å². The van der Waals surface area contributed by atoms with Crippen molar-refractivity contribution in [2.45, 2.75) is 11.8 Å². The Balaban J connectivity index is 1.55. The summed E-state index contributed by atoms with van der Waals surface area (Å²) in [5, 5.41) is 2.93. The summed E-state index contributed by atoms with van der Waals surface area (Å²) in [7, 11) is 0. The summed E-state index contributed by atoms with van der Waals surface area (Å²) in [6.07, 6.45) is 1.61. The number of thioether (sulfide) groups is 1. The fourth-order valence-electron chi connectivity index (χ4n) is 2.31. The highest BCUT2D eigenvalue weighted by atomic mass is 32.2. The molecular weight excluding hydrogens is 344 g/mol. The number of amides is 1. The number of nitrogens with zero attached hydrogens (tertiary/aromatic N) is 1. The lowest BCUT2D eigenvalue weighted by Crippen LogP contribution is -2.26. The number of hydrogen-bond donors (Lipinski definition) is 1. The molecule has 0 aliphatic rings. The Hall–Kier alpha value is -2.79. The van der Waals surface area contributed by atoms with E-state index in [-0.39, 0.29) is 5.91 Å². The van der Waals surface area contributed by atoms with E-state index in [1.165, 1.54) is 10.5 Å². The highest BCUT2D eigenvalue weighted by molar-refractivity contribution is 7.99. The van der Waals surface area contributed by atoms with Gasteiger partial charge in [0.05, 0.1) is 0 Å². The number of ether oxygens (including phenoxy) is 1. The molecule has 0 fully saturated rings. The van der Waals surface area contributed by atoms with Crippen LogP contribution >= 0.6 is 11.8 Å². The lowest BCUT2D eigenvalue weighted by Gasteiger charge is -2.10. The predicted octanol–water partition coefficient (Wildman–Crippen LogP) is 4.70. The highest BCUT2D eigenvalue weighted by Gasteiger charge is 2.13. The Kier molecular flexibility index (Phi) is 6.28. The monoisotopic (exact) mass is 364 g/mol. The quantitative estimate of drug-likeness (QED) is 0.487. The molecule has 0 aliphatic carbocycles. The van der Waals surface area contributed by atoms with Crippen LogP contribution in [0.1, 0.15) is 15.9 Å². The number of aryl methyl sites for hydroxylation is 1. The number of aromatic nitrogens is 1. The Morgan fingerprint density at radius 3 is 2.58 bits per heavy atom. The van der Waals surface area contributed by atoms with Gasteiger partial charge in [0.15, 0.2) is 0 Å². The molecule has 1 aromatic heterocycles. The number of carbonyl (C=O) groups excluding carboxylic acids is 1. The van der Waals surface area contributed by atoms with Gasteiger partial charge in [-0.3, -0.25) is 4.79 Å². The molecular formula is C21H20N2O2S. The van der Waals surface area contributed by atoms with Gasteiger partial charge in [-0.25, -0.2) is 4.98 Å². The molecule has 132 valence electrons. The van der Waals surface area contributed by atoms with Crippen LogP contribution in [-0.2, 0) is 0 Å². The second kappa shape index (κ2) is 9.06. The molecule has 3 aromatic rings. The zero-order valence-electron chi connectivity index (χ0n) is 14.5. The first-order chi connectivity index (χ1) is 12.7. The number of nitrogens with one attached hydrogen (secondary N) is 1. The zero-order valence-corrected chi connectivity index (χ0v) is 15.3. The fraction of sp³-hybridized carbons (Fsp3) is 0.143. The van der Waals surface area contributed by atoms with Crippen LogP contribution in [0.5, 0.6) is 11.6 Å². The second-order valence-electron chi connectivity index (χ2n) is 5.69. The van der Waals surface area contributed by atoms with Crippen LogP contribution in [-0.4, -0.2) is 23.2 Å². The minimum absolute atomic E-state index is 0.187. The van der Waals surface area contributed by atoms with Gasteiger partial charge in [0.1, 0.15) is 11.3 Å². The molecule has 0 atom stereocenters. The van der Waals surface area contributed by atoms with Crippen LogP contribution in [0.3, 0.4) is 0 Å². The molecule has 4 nitrogen and oxygen atoms in total. The summed E-state index contributed by atoms with van der Waals surface area (Å²) in [6.45, 7) is 2.63. The first-order valence-electron chi connectivity index (χ1n) is 8.38. The van der Waals surface area contributed by atoms with E-state index < -0.39 is 0 Å². The summed E-state index contributed by atoms with van der Waals surface area (Å²) in [4.78, 5) is 17.9. The van der Waals surface area contributed by atoms with Crippen LogP contribution in [0.25, 0.3) is 0 Å². The summed E-state index contributed by atoms with van der Waals surface area (Å²) < 4.78 is 5.74. The standard InChI is InChI=1S/C21H20N2O2S/c1-16-9-11-18(12-10-16)26-15-14-22-20(24)19-8-5-13-23-21(19)25-17-6-3-2-4-7-17/h2-13H,14-15H2,1H3,(H,22,24). The molecule has 3 rings (SSSR count). The predicted molar refractivity (Wildman–Crippen MR) is 105 cm³/mol. The van der Waals surface area contributed by atoms with E-state index in [0.29, 0.717) is 23.7 Å². The average molecular weight is 364 g/mol. The SMILES string of the molecule is Cc1ccc(SCCNC(=O)c2cccnc2Oc2ccccc2)cc1. The molecule has 5 heteroatoms. The van der Waals surface area contributed by atoms with Gasteiger partial charge < -0.3 is 10.1 Å². The minimum atomic E-state index is -0.187. The molecule has 0 bridgehead atoms.